The van der Waals surface area contributed by atoms with Gasteiger partial charge in [0.25, 0.3) is 0 Å². The first-order valence-corrected chi connectivity index (χ1v) is 6.18. The fraction of sp³-hybridized carbons (Fsp3) is 1.00. The van der Waals surface area contributed by atoms with E-state index in [1.807, 2.05) is 0 Å². The first-order valence-electron chi connectivity index (χ1n) is 6.18. The monoisotopic (exact) mass is 214 g/mol. The molecule has 3 atom stereocenters. The number of likely N-dealkylation sites (tertiary alicyclic amines) is 1. The average molecular weight is 214 g/mol. The minimum Gasteiger partial charge on any atom is -0.396 e. The third-order valence-electron chi connectivity index (χ3n) is 3.59. The van der Waals surface area contributed by atoms with Crippen LogP contribution in [-0.4, -0.2) is 48.8 Å². The number of rotatable bonds is 5. The van der Waals surface area contributed by atoms with Crippen molar-refractivity contribution in [3.05, 3.63) is 0 Å². The van der Waals surface area contributed by atoms with Gasteiger partial charge in [0.05, 0.1) is 0 Å². The zero-order chi connectivity index (χ0) is 11.3. The van der Waals surface area contributed by atoms with Crippen LogP contribution >= 0.6 is 0 Å². The summed E-state index contributed by atoms with van der Waals surface area (Å²) < 4.78 is 0. The summed E-state index contributed by atoms with van der Waals surface area (Å²) in [6, 6.07) is 1.38. The zero-order valence-corrected chi connectivity index (χ0v) is 10.4. The minimum atomic E-state index is 0.312. The van der Waals surface area contributed by atoms with Gasteiger partial charge in [-0.25, -0.2) is 0 Å². The molecule has 0 aromatic rings. The van der Waals surface area contributed by atoms with E-state index in [0.29, 0.717) is 24.6 Å². The summed E-state index contributed by atoms with van der Waals surface area (Å²) >= 11 is 0. The van der Waals surface area contributed by atoms with Gasteiger partial charge in [0.2, 0.25) is 0 Å². The Bertz CT molecular complexity index is 175. The van der Waals surface area contributed by atoms with Crippen molar-refractivity contribution in [2.24, 2.45) is 5.92 Å². The molecule has 0 amide bonds. The van der Waals surface area contributed by atoms with Crippen molar-refractivity contribution in [2.45, 2.75) is 45.2 Å². The summed E-state index contributed by atoms with van der Waals surface area (Å²) in [6.45, 7) is 7.05. The number of aliphatic hydroxyl groups is 1. The van der Waals surface area contributed by atoms with Gasteiger partial charge in [0.1, 0.15) is 0 Å². The van der Waals surface area contributed by atoms with E-state index in [1.165, 1.54) is 19.4 Å². The normalized spacial score (nSPS) is 30.4. The highest BCUT2D eigenvalue weighted by molar-refractivity contribution is 4.81. The van der Waals surface area contributed by atoms with E-state index in [0.717, 1.165) is 13.0 Å². The molecule has 3 heteroatoms. The molecule has 1 fully saturated rings. The van der Waals surface area contributed by atoms with E-state index in [1.54, 1.807) is 0 Å². The molecule has 0 aliphatic carbocycles. The zero-order valence-electron chi connectivity index (χ0n) is 10.4. The Labute approximate surface area is 93.9 Å². The Balaban J connectivity index is 2.16. The van der Waals surface area contributed by atoms with Crippen molar-refractivity contribution in [1.29, 1.82) is 0 Å². The van der Waals surface area contributed by atoms with Crippen molar-refractivity contribution >= 4 is 0 Å². The summed E-state index contributed by atoms with van der Waals surface area (Å²) in [4.78, 5) is 2.43. The molecule has 0 radical (unpaired) electrons. The van der Waals surface area contributed by atoms with Crippen LogP contribution in [0, 0.1) is 5.92 Å². The average Bonchev–Trinajstić information content (AvgIpc) is 2.20. The van der Waals surface area contributed by atoms with Gasteiger partial charge < -0.3 is 15.3 Å². The lowest BCUT2D eigenvalue weighted by molar-refractivity contribution is 0.164. The third kappa shape index (κ3) is 4.49. The molecule has 0 spiro atoms. The third-order valence-corrected chi connectivity index (χ3v) is 3.59. The maximum Gasteiger partial charge on any atom is 0.0434 e. The summed E-state index contributed by atoms with van der Waals surface area (Å²) in [5.74, 6) is 0.588. The Kier molecular flexibility index (Phi) is 5.58. The number of nitrogens with zero attached hydrogens (tertiary/aromatic N) is 1. The van der Waals surface area contributed by atoms with Crippen molar-refractivity contribution in [3.8, 4) is 0 Å². The maximum atomic E-state index is 8.82. The second-order valence-corrected chi connectivity index (χ2v) is 5.08. The van der Waals surface area contributed by atoms with Crippen molar-refractivity contribution in [3.63, 3.8) is 0 Å². The fourth-order valence-corrected chi connectivity index (χ4v) is 2.17. The largest absolute Gasteiger partial charge is 0.396 e. The van der Waals surface area contributed by atoms with E-state index >= 15 is 0 Å². The number of hydrogen-bond acceptors (Lipinski definition) is 3. The summed E-state index contributed by atoms with van der Waals surface area (Å²) in [5.41, 5.74) is 0. The summed E-state index contributed by atoms with van der Waals surface area (Å²) in [6.07, 6.45) is 3.42. The van der Waals surface area contributed by atoms with E-state index in [9.17, 15) is 0 Å². The lowest BCUT2D eigenvalue weighted by atomic mass is 9.98. The molecule has 90 valence electrons. The van der Waals surface area contributed by atoms with Gasteiger partial charge in [-0.2, -0.15) is 0 Å². The molecule has 1 heterocycles. The van der Waals surface area contributed by atoms with Crippen molar-refractivity contribution < 1.29 is 5.11 Å². The molecule has 1 aliphatic heterocycles. The Morgan fingerprint density at radius 2 is 2.27 bits per heavy atom. The number of aliphatic hydroxyl groups excluding tert-OH is 1. The van der Waals surface area contributed by atoms with Gasteiger partial charge in [0.15, 0.2) is 0 Å². The molecule has 0 aromatic heterocycles. The lowest BCUT2D eigenvalue weighted by Gasteiger charge is -2.35. The summed E-state index contributed by atoms with van der Waals surface area (Å²) in [7, 11) is 2.20. The predicted molar refractivity (Wildman–Crippen MR) is 64.0 cm³/mol. The molecule has 15 heavy (non-hydrogen) atoms. The van der Waals surface area contributed by atoms with Gasteiger partial charge in [-0.05, 0) is 52.2 Å². The topological polar surface area (TPSA) is 35.5 Å². The quantitative estimate of drug-likeness (QED) is 0.719. The Morgan fingerprint density at radius 3 is 2.87 bits per heavy atom. The number of hydrogen-bond donors (Lipinski definition) is 2. The molecule has 3 nitrogen and oxygen atoms in total. The van der Waals surface area contributed by atoms with Gasteiger partial charge in [-0.3, -0.25) is 0 Å². The molecule has 1 rings (SSSR count). The first kappa shape index (κ1) is 12.9. The van der Waals surface area contributed by atoms with Crippen LogP contribution in [0.25, 0.3) is 0 Å². The second kappa shape index (κ2) is 6.46. The van der Waals surface area contributed by atoms with Crippen LogP contribution in [0.2, 0.25) is 0 Å². The molecular weight excluding hydrogens is 188 g/mol. The predicted octanol–water partition coefficient (Wildman–Crippen LogP) is 1.08. The van der Waals surface area contributed by atoms with Crippen molar-refractivity contribution in [2.75, 3.05) is 26.7 Å². The molecule has 2 N–H and O–H groups in total. The minimum absolute atomic E-state index is 0.312. The lowest BCUT2D eigenvalue weighted by Crippen LogP contribution is -2.46. The molecular formula is C12H26N2O. The smallest absolute Gasteiger partial charge is 0.0434 e. The van der Waals surface area contributed by atoms with Gasteiger partial charge in [-0.15, -0.1) is 0 Å². The molecule has 1 aliphatic rings. The van der Waals surface area contributed by atoms with Crippen LogP contribution < -0.4 is 5.32 Å². The van der Waals surface area contributed by atoms with Crippen LogP contribution in [0.1, 0.15) is 33.1 Å². The molecule has 0 saturated carbocycles. The Hall–Kier alpha value is -0.120. The Morgan fingerprint density at radius 1 is 1.53 bits per heavy atom. The van der Waals surface area contributed by atoms with E-state index < -0.39 is 0 Å². The van der Waals surface area contributed by atoms with Crippen LogP contribution in [-0.2, 0) is 0 Å². The van der Waals surface area contributed by atoms with E-state index in [4.69, 9.17) is 5.11 Å². The maximum absolute atomic E-state index is 8.82. The highest BCUT2D eigenvalue weighted by Crippen LogP contribution is 2.15. The molecule has 0 bridgehead atoms. The standard InChI is InChI=1S/C12H26N2O/c1-10(5-7-15)9-13-12-4-6-14(3)11(2)8-12/h10-13,15H,4-9H2,1-3H3. The summed E-state index contributed by atoms with van der Waals surface area (Å²) in [5, 5.41) is 12.4. The first-order chi connectivity index (χ1) is 7.13. The number of nitrogens with one attached hydrogen (secondary N) is 1. The molecule has 1 saturated heterocycles. The van der Waals surface area contributed by atoms with Crippen LogP contribution in [0.4, 0.5) is 0 Å². The highest BCUT2D eigenvalue weighted by atomic mass is 16.3. The van der Waals surface area contributed by atoms with Crippen LogP contribution in [0.3, 0.4) is 0 Å². The highest BCUT2D eigenvalue weighted by Gasteiger charge is 2.22. The SMILES string of the molecule is CC(CCO)CNC1CCN(C)C(C)C1. The van der Waals surface area contributed by atoms with E-state index in [-0.39, 0.29) is 0 Å². The molecule has 0 aromatic carbocycles. The fourth-order valence-electron chi connectivity index (χ4n) is 2.17. The molecule has 3 unspecified atom stereocenters. The van der Waals surface area contributed by atoms with Crippen LogP contribution in [0.15, 0.2) is 0 Å². The second-order valence-electron chi connectivity index (χ2n) is 5.08. The number of piperidine rings is 1. The van der Waals surface area contributed by atoms with Crippen LogP contribution in [0.5, 0.6) is 0 Å². The van der Waals surface area contributed by atoms with Gasteiger partial charge >= 0.3 is 0 Å². The van der Waals surface area contributed by atoms with E-state index in [2.05, 4.69) is 31.1 Å². The van der Waals surface area contributed by atoms with Gasteiger partial charge in [0, 0.05) is 18.7 Å². The van der Waals surface area contributed by atoms with Gasteiger partial charge in [-0.1, -0.05) is 6.92 Å². The van der Waals surface area contributed by atoms with Crippen molar-refractivity contribution in [1.82, 2.24) is 10.2 Å².